The summed E-state index contributed by atoms with van der Waals surface area (Å²) < 4.78 is 20.1. The van der Waals surface area contributed by atoms with Crippen LogP contribution in [0.25, 0.3) is 0 Å². The highest BCUT2D eigenvalue weighted by atomic mass is 19.1. The molecule has 5 nitrogen and oxygen atoms in total. The average molecular weight is 392 g/mol. The first-order chi connectivity index (χ1) is 13.1. The second-order valence-corrected chi connectivity index (χ2v) is 9.80. The highest BCUT2D eigenvalue weighted by molar-refractivity contribution is 5.88. The summed E-state index contributed by atoms with van der Waals surface area (Å²) in [6, 6.07) is 0. The van der Waals surface area contributed by atoms with E-state index in [9.17, 15) is 19.5 Å². The minimum Gasteiger partial charge on any atom is -0.466 e. The van der Waals surface area contributed by atoms with Gasteiger partial charge in [-0.05, 0) is 42.9 Å². The van der Waals surface area contributed by atoms with Crippen molar-refractivity contribution in [2.75, 3.05) is 7.11 Å². The molecule has 154 valence electrons. The number of esters is 1. The quantitative estimate of drug-likeness (QED) is 0.548. The molecule has 4 aliphatic rings. The van der Waals surface area contributed by atoms with E-state index in [-0.39, 0.29) is 49.1 Å². The lowest BCUT2D eigenvalue weighted by Crippen LogP contribution is -2.69. The monoisotopic (exact) mass is 392 g/mol. The lowest BCUT2D eigenvalue weighted by Gasteiger charge is -2.62. The normalized spacial score (nSPS) is 49.4. The third-order valence-electron chi connectivity index (χ3n) is 8.67. The van der Waals surface area contributed by atoms with Crippen LogP contribution >= 0.6 is 0 Å². The zero-order chi connectivity index (χ0) is 20.5. The maximum atomic E-state index is 15.4. The van der Waals surface area contributed by atoms with Gasteiger partial charge in [0.05, 0.1) is 7.11 Å². The number of Topliss-reactive ketones (excluding diaryl/α,β-unsaturated/α-hetero) is 2. The van der Waals surface area contributed by atoms with E-state index in [0.717, 1.165) is 12.0 Å². The van der Waals surface area contributed by atoms with E-state index in [4.69, 9.17) is 4.74 Å². The van der Waals surface area contributed by atoms with Crippen molar-refractivity contribution >= 4 is 17.5 Å². The Balaban J connectivity index is 1.75. The van der Waals surface area contributed by atoms with Crippen molar-refractivity contribution in [2.24, 2.45) is 28.6 Å². The molecule has 4 rings (SSSR count). The predicted octanol–water partition coefficient (Wildman–Crippen LogP) is 2.94. The van der Waals surface area contributed by atoms with Crippen molar-refractivity contribution in [3.63, 3.8) is 0 Å². The molecule has 0 radical (unpaired) electrons. The van der Waals surface area contributed by atoms with Crippen molar-refractivity contribution in [1.29, 1.82) is 0 Å². The van der Waals surface area contributed by atoms with E-state index < -0.39 is 34.5 Å². The van der Waals surface area contributed by atoms with E-state index in [1.807, 2.05) is 13.8 Å². The molecule has 1 N–H and O–H groups in total. The number of fused-ring (bicyclic) bond motifs is 5. The molecule has 0 aromatic heterocycles. The fourth-order valence-electron chi connectivity index (χ4n) is 7.13. The van der Waals surface area contributed by atoms with Crippen LogP contribution in [0.4, 0.5) is 4.39 Å². The Kier molecular flexibility index (Phi) is 4.38. The molecule has 0 spiro atoms. The number of aliphatic hydroxyl groups is 1. The van der Waals surface area contributed by atoms with E-state index in [2.05, 4.69) is 0 Å². The van der Waals surface area contributed by atoms with Crippen LogP contribution in [-0.2, 0) is 19.1 Å². The largest absolute Gasteiger partial charge is 0.466 e. The van der Waals surface area contributed by atoms with Gasteiger partial charge in [-0.15, -0.1) is 0 Å². The van der Waals surface area contributed by atoms with Crippen molar-refractivity contribution < 1.29 is 28.6 Å². The lowest BCUT2D eigenvalue weighted by atomic mass is 9.43. The van der Waals surface area contributed by atoms with Crippen molar-refractivity contribution in [2.45, 2.75) is 70.6 Å². The maximum absolute atomic E-state index is 15.4. The third kappa shape index (κ3) is 2.42. The lowest BCUT2D eigenvalue weighted by molar-refractivity contribution is -0.225. The summed E-state index contributed by atoms with van der Waals surface area (Å²) in [6.07, 6.45) is 2.31. The molecule has 0 aliphatic heterocycles. The summed E-state index contributed by atoms with van der Waals surface area (Å²) in [4.78, 5) is 37.2. The Morgan fingerprint density at radius 3 is 2.64 bits per heavy atom. The van der Waals surface area contributed by atoms with Gasteiger partial charge in [0.25, 0.3) is 0 Å². The Bertz CT molecular complexity index is 775. The molecule has 0 bridgehead atoms. The topological polar surface area (TPSA) is 80.7 Å². The van der Waals surface area contributed by atoms with Crippen LogP contribution in [-0.4, -0.2) is 41.5 Å². The number of methoxy groups -OCH3 is 1. The number of alkyl halides is 1. The zero-order valence-electron chi connectivity index (χ0n) is 16.8. The second-order valence-electron chi connectivity index (χ2n) is 9.80. The van der Waals surface area contributed by atoms with E-state index >= 15 is 4.39 Å². The van der Waals surface area contributed by atoms with Crippen LogP contribution in [0.2, 0.25) is 0 Å². The number of hydrogen-bond acceptors (Lipinski definition) is 5. The average Bonchev–Trinajstić information content (AvgIpc) is 2.93. The van der Waals surface area contributed by atoms with Gasteiger partial charge in [0.2, 0.25) is 0 Å². The van der Waals surface area contributed by atoms with Gasteiger partial charge >= 0.3 is 5.97 Å². The summed E-state index contributed by atoms with van der Waals surface area (Å²) >= 11 is 0. The Labute approximate surface area is 164 Å². The molecule has 0 heterocycles. The number of carbonyl (C=O) groups is 3. The Morgan fingerprint density at radius 2 is 1.96 bits per heavy atom. The van der Waals surface area contributed by atoms with Gasteiger partial charge < -0.3 is 9.84 Å². The molecule has 0 unspecified atom stereocenters. The van der Waals surface area contributed by atoms with Crippen LogP contribution in [0.3, 0.4) is 0 Å². The van der Waals surface area contributed by atoms with E-state index in [0.29, 0.717) is 12.8 Å². The summed E-state index contributed by atoms with van der Waals surface area (Å²) in [7, 11) is 1.33. The fourth-order valence-corrected chi connectivity index (χ4v) is 7.13. The predicted molar refractivity (Wildman–Crippen MR) is 99.0 cm³/mol. The summed E-state index contributed by atoms with van der Waals surface area (Å²) in [6.45, 7) is 3.82. The standard InChI is InChI=1S/C22H29FO5/c1-20-11-16(25)19-14(15(20)5-4-12(20)8-18(26)28-3)9-17(23)22(27)10-13(24)6-7-21(19,22)2/h8,14-15,17,19,27H,4-7,9-11H2,1-3H3/b12-8-/t14-,15-,17+,19+,20+,21+,22+/m0/s1. The number of carbonyl (C=O) groups excluding carboxylic acids is 3. The summed E-state index contributed by atoms with van der Waals surface area (Å²) in [5, 5.41) is 11.2. The highest BCUT2D eigenvalue weighted by Crippen LogP contribution is 2.67. The zero-order valence-corrected chi connectivity index (χ0v) is 16.8. The van der Waals surface area contributed by atoms with Gasteiger partial charge in [-0.2, -0.15) is 0 Å². The number of hydrogen-bond donors (Lipinski definition) is 1. The molecule has 28 heavy (non-hydrogen) atoms. The molecule has 6 heteroatoms. The molecule has 0 amide bonds. The smallest absolute Gasteiger partial charge is 0.330 e. The first kappa shape index (κ1) is 19.7. The minimum atomic E-state index is -1.75. The van der Waals surface area contributed by atoms with Gasteiger partial charge in [0.15, 0.2) is 0 Å². The third-order valence-corrected chi connectivity index (χ3v) is 8.67. The molecule has 0 aromatic rings. The number of rotatable bonds is 1. The van der Waals surface area contributed by atoms with Gasteiger partial charge in [0, 0.05) is 36.7 Å². The molecule has 0 aromatic carbocycles. The first-order valence-electron chi connectivity index (χ1n) is 10.3. The van der Waals surface area contributed by atoms with Gasteiger partial charge in [-0.1, -0.05) is 19.4 Å². The van der Waals surface area contributed by atoms with Crippen LogP contribution in [0.5, 0.6) is 0 Å². The molecule has 4 fully saturated rings. The number of ketones is 2. The molecular formula is C22H29FO5. The molecule has 4 saturated carbocycles. The molecule has 7 atom stereocenters. The van der Waals surface area contributed by atoms with Crippen molar-refractivity contribution in [1.82, 2.24) is 0 Å². The SMILES string of the molecule is COC(=O)/C=C1/CC[C@H]2[C@@H]3C[C@@H](F)[C@]4(O)CC(=O)CC[C@]4(C)[C@H]3C(=O)C[C@]12C. The van der Waals surface area contributed by atoms with Gasteiger partial charge in [-0.25, -0.2) is 9.18 Å². The first-order valence-corrected chi connectivity index (χ1v) is 10.3. The van der Waals surface area contributed by atoms with Gasteiger partial charge in [-0.3, -0.25) is 9.59 Å². The number of halogens is 1. The van der Waals surface area contributed by atoms with Crippen molar-refractivity contribution in [3.8, 4) is 0 Å². The molecular weight excluding hydrogens is 363 g/mol. The summed E-state index contributed by atoms with van der Waals surface area (Å²) in [5.41, 5.74) is -2.23. The van der Waals surface area contributed by atoms with Gasteiger partial charge in [0.1, 0.15) is 23.3 Å². The highest BCUT2D eigenvalue weighted by Gasteiger charge is 2.69. The minimum absolute atomic E-state index is 0.0311. The Morgan fingerprint density at radius 1 is 1.25 bits per heavy atom. The Hall–Kier alpha value is -1.56. The van der Waals surface area contributed by atoms with E-state index in [1.54, 1.807) is 0 Å². The van der Waals surface area contributed by atoms with Crippen molar-refractivity contribution in [3.05, 3.63) is 11.6 Å². The number of ether oxygens (including phenoxy) is 1. The molecule has 0 saturated heterocycles. The maximum Gasteiger partial charge on any atom is 0.330 e. The van der Waals surface area contributed by atoms with Crippen LogP contribution in [0.15, 0.2) is 11.6 Å². The van der Waals surface area contributed by atoms with Crippen LogP contribution < -0.4 is 0 Å². The molecule has 4 aliphatic carbocycles. The fraction of sp³-hybridized carbons (Fsp3) is 0.773. The number of allylic oxidation sites excluding steroid dienone is 1. The van der Waals surface area contributed by atoms with E-state index in [1.165, 1.54) is 13.2 Å². The second kappa shape index (κ2) is 6.22. The van der Waals surface area contributed by atoms with Crippen LogP contribution in [0.1, 0.15) is 58.8 Å². The summed E-state index contributed by atoms with van der Waals surface area (Å²) in [5.74, 6) is -1.05. The van der Waals surface area contributed by atoms with Crippen LogP contribution in [0, 0.1) is 28.6 Å².